The summed E-state index contributed by atoms with van der Waals surface area (Å²) >= 11 is 4.19. The lowest BCUT2D eigenvalue weighted by Crippen LogP contribution is -2.38. The lowest BCUT2D eigenvalue weighted by atomic mass is 9.68. The fraction of sp³-hybridized carbons (Fsp3) is 0.640. The van der Waals surface area contributed by atoms with E-state index in [1.54, 1.807) is 6.07 Å². The number of rotatable bonds is 4. The molecule has 2 saturated heterocycles. The minimum atomic E-state index is -0.600. The number of hydrogen-bond donors (Lipinski definition) is 1. The second-order valence-electron chi connectivity index (χ2n) is 9.86. The Morgan fingerprint density at radius 1 is 1.26 bits per heavy atom. The molecule has 0 saturated carbocycles. The Morgan fingerprint density at radius 3 is 2.68 bits per heavy atom. The highest BCUT2D eigenvalue weighted by atomic mass is 32.2. The van der Waals surface area contributed by atoms with Gasteiger partial charge in [-0.3, -0.25) is 4.79 Å². The first-order valence-electron chi connectivity index (χ1n) is 11.3. The summed E-state index contributed by atoms with van der Waals surface area (Å²) in [6, 6.07) is 5.50. The molecule has 2 heterocycles. The predicted molar refractivity (Wildman–Crippen MR) is 128 cm³/mol. The Hall–Kier alpha value is -0.980. The summed E-state index contributed by atoms with van der Waals surface area (Å²) in [4.78, 5) is 11.8. The van der Waals surface area contributed by atoms with Crippen molar-refractivity contribution in [2.24, 2.45) is 5.41 Å². The van der Waals surface area contributed by atoms with Crippen LogP contribution in [-0.4, -0.2) is 38.9 Å². The zero-order chi connectivity index (χ0) is 22.2. The van der Waals surface area contributed by atoms with E-state index >= 15 is 0 Å². The smallest absolute Gasteiger partial charge is 0.308 e. The molecule has 170 valence electrons. The van der Waals surface area contributed by atoms with Crippen LogP contribution in [0.3, 0.4) is 0 Å². The lowest BCUT2D eigenvalue weighted by Gasteiger charge is -2.48. The van der Waals surface area contributed by atoms with Crippen LogP contribution in [0.25, 0.3) is 5.57 Å². The Balaban J connectivity index is 1.68. The van der Waals surface area contributed by atoms with E-state index in [1.165, 1.54) is 29.1 Å². The zero-order valence-corrected chi connectivity index (χ0v) is 20.3. The number of allylic oxidation sites excluding steroid dienone is 2. The molecule has 31 heavy (non-hydrogen) atoms. The van der Waals surface area contributed by atoms with Crippen molar-refractivity contribution >= 4 is 35.1 Å². The van der Waals surface area contributed by atoms with Gasteiger partial charge < -0.3 is 9.84 Å². The van der Waals surface area contributed by atoms with Crippen molar-refractivity contribution in [2.45, 2.75) is 82.0 Å². The third-order valence-corrected chi connectivity index (χ3v) is 10.1. The standard InChI is InChI=1S/C25H33FO3S2/c1-16-11-17(5-8-22(16)26)20-14-25(30-9-4-10-31-25)15-24(2,3)21(20)7-6-19-12-18(27)13-23(28)29-19/h5,8,11,18-19,27H,4,6-7,9-10,12-15H2,1-3H3/t18-,19-/m1/s1. The summed E-state index contributed by atoms with van der Waals surface area (Å²) in [5.41, 5.74) is 4.53. The monoisotopic (exact) mass is 464 g/mol. The van der Waals surface area contributed by atoms with Crippen molar-refractivity contribution in [3.8, 4) is 0 Å². The largest absolute Gasteiger partial charge is 0.462 e. The van der Waals surface area contributed by atoms with Crippen LogP contribution in [-0.2, 0) is 9.53 Å². The van der Waals surface area contributed by atoms with Gasteiger partial charge in [0.2, 0.25) is 0 Å². The predicted octanol–water partition coefficient (Wildman–Crippen LogP) is 6.12. The van der Waals surface area contributed by atoms with E-state index < -0.39 is 6.10 Å². The molecule has 1 aliphatic carbocycles. The van der Waals surface area contributed by atoms with Crippen molar-refractivity contribution in [1.82, 2.24) is 0 Å². The quantitative estimate of drug-likeness (QED) is 0.544. The molecule has 0 amide bonds. The topological polar surface area (TPSA) is 46.5 Å². The first-order valence-corrected chi connectivity index (χ1v) is 13.3. The molecular weight excluding hydrogens is 431 g/mol. The van der Waals surface area contributed by atoms with Gasteiger partial charge in [-0.05, 0) is 84.8 Å². The Morgan fingerprint density at radius 2 is 2.00 bits per heavy atom. The van der Waals surface area contributed by atoms with E-state index in [-0.39, 0.29) is 33.8 Å². The maximum Gasteiger partial charge on any atom is 0.308 e. The number of carbonyl (C=O) groups excluding carboxylic acids is 1. The molecule has 1 aromatic rings. The van der Waals surface area contributed by atoms with Crippen LogP contribution in [0.2, 0.25) is 0 Å². The molecule has 0 radical (unpaired) electrons. The van der Waals surface area contributed by atoms with Gasteiger partial charge in [0.15, 0.2) is 0 Å². The molecule has 1 spiro atoms. The molecule has 3 aliphatic rings. The summed E-state index contributed by atoms with van der Waals surface area (Å²) in [5.74, 6) is 1.93. The molecule has 0 unspecified atom stereocenters. The molecule has 1 aromatic carbocycles. The number of esters is 1. The number of hydrogen-bond acceptors (Lipinski definition) is 5. The number of carbonyl (C=O) groups is 1. The van der Waals surface area contributed by atoms with E-state index in [0.29, 0.717) is 12.0 Å². The second kappa shape index (κ2) is 9.11. The normalized spacial score (nSPS) is 28.0. The van der Waals surface area contributed by atoms with Crippen molar-refractivity contribution in [2.75, 3.05) is 11.5 Å². The maximum absolute atomic E-state index is 14.0. The van der Waals surface area contributed by atoms with Gasteiger partial charge in [0.1, 0.15) is 11.9 Å². The number of cyclic esters (lactones) is 1. The average molecular weight is 465 g/mol. The molecule has 0 aromatic heterocycles. The molecule has 4 rings (SSSR count). The van der Waals surface area contributed by atoms with Crippen LogP contribution in [0.15, 0.2) is 23.8 Å². The van der Waals surface area contributed by atoms with Gasteiger partial charge in [0, 0.05) is 6.42 Å². The SMILES string of the molecule is Cc1cc(C2=C(CC[C@@H]3C[C@@H](O)CC(=O)O3)C(C)(C)CC3(C2)SCCCS3)ccc1F. The molecule has 2 fully saturated rings. The van der Waals surface area contributed by atoms with Gasteiger partial charge in [-0.1, -0.05) is 25.5 Å². The zero-order valence-electron chi connectivity index (χ0n) is 18.7. The summed E-state index contributed by atoms with van der Waals surface area (Å²) in [7, 11) is 0. The summed E-state index contributed by atoms with van der Waals surface area (Å²) < 4.78 is 19.7. The highest BCUT2D eigenvalue weighted by Crippen LogP contribution is 2.60. The third kappa shape index (κ3) is 5.17. The fourth-order valence-corrected chi connectivity index (χ4v) is 9.15. The maximum atomic E-state index is 14.0. The van der Waals surface area contributed by atoms with E-state index in [2.05, 4.69) is 37.4 Å². The van der Waals surface area contributed by atoms with Crippen LogP contribution in [0.4, 0.5) is 4.39 Å². The molecule has 6 heteroatoms. The summed E-state index contributed by atoms with van der Waals surface area (Å²) in [6.07, 6.45) is 4.69. The minimum Gasteiger partial charge on any atom is -0.462 e. The van der Waals surface area contributed by atoms with Crippen LogP contribution in [0, 0.1) is 18.2 Å². The van der Waals surface area contributed by atoms with Crippen LogP contribution < -0.4 is 0 Å². The van der Waals surface area contributed by atoms with Crippen LogP contribution >= 0.6 is 23.5 Å². The number of aryl methyl sites for hydroxylation is 1. The van der Waals surface area contributed by atoms with Crippen molar-refractivity contribution < 1.29 is 19.0 Å². The highest BCUT2D eigenvalue weighted by Gasteiger charge is 2.46. The molecule has 1 N–H and O–H groups in total. The summed E-state index contributed by atoms with van der Waals surface area (Å²) in [5, 5.41) is 9.99. The third-order valence-electron chi connectivity index (χ3n) is 6.82. The van der Waals surface area contributed by atoms with Crippen molar-refractivity contribution in [1.29, 1.82) is 0 Å². The molecule has 0 bridgehead atoms. The van der Waals surface area contributed by atoms with Gasteiger partial charge in [0.25, 0.3) is 0 Å². The number of benzene rings is 1. The van der Waals surface area contributed by atoms with Crippen LogP contribution in [0.1, 0.15) is 69.9 Å². The number of halogens is 1. The Labute approximate surface area is 193 Å². The van der Waals surface area contributed by atoms with Gasteiger partial charge in [-0.25, -0.2) is 4.39 Å². The number of thioether (sulfide) groups is 2. The minimum absolute atomic E-state index is 0.00447. The number of aliphatic hydroxyl groups is 1. The van der Waals surface area contributed by atoms with Crippen molar-refractivity contribution in [3.63, 3.8) is 0 Å². The Kier molecular flexibility index (Phi) is 6.81. The fourth-order valence-electron chi connectivity index (χ4n) is 5.39. The molecular formula is C25H33FO3S2. The molecule has 2 atom stereocenters. The summed E-state index contributed by atoms with van der Waals surface area (Å²) in [6.45, 7) is 6.49. The van der Waals surface area contributed by atoms with Gasteiger partial charge in [0.05, 0.1) is 16.6 Å². The van der Waals surface area contributed by atoms with Gasteiger partial charge >= 0.3 is 5.97 Å². The van der Waals surface area contributed by atoms with E-state index in [9.17, 15) is 14.3 Å². The first kappa shape index (κ1) is 23.2. The van der Waals surface area contributed by atoms with E-state index in [4.69, 9.17) is 4.74 Å². The van der Waals surface area contributed by atoms with E-state index in [1.807, 2.05) is 19.1 Å². The number of ether oxygens (including phenoxy) is 1. The van der Waals surface area contributed by atoms with Gasteiger partial charge in [-0.15, -0.1) is 23.5 Å². The van der Waals surface area contributed by atoms with Gasteiger partial charge in [-0.2, -0.15) is 0 Å². The molecule has 2 aliphatic heterocycles. The van der Waals surface area contributed by atoms with Crippen molar-refractivity contribution in [3.05, 3.63) is 40.7 Å². The number of aliphatic hydroxyl groups excluding tert-OH is 1. The average Bonchev–Trinajstić information content (AvgIpc) is 2.68. The first-order chi connectivity index (χ1) is 14.7. The van der Waals surface area contributed by atoms with E-state index in [0.717, 1.165) is 31.2 Å². The Bertz CT molecular complexity index is 874. The van der Waals surface area contributed by atoms with Crippen LogP contribution in [0.5, 0.6) is 0 Å². The highest BCUT2D eigenvalue weighted by molar-refractivity contribution is 8.18. The molecule has 3 nitrogen and oxygen atoms in total. The second-order valence-corrected chi connectivity index (χ2v) is 13.1. The lowest BCUT2D eigenvalue weighted by molar-refractivity contribution is -0.160.